The molecule has 1 atom stereocenters. The highest BCUT2D eigenvalue weighted by molar-refractivity contribution is 6.33. The van der Waals surface area contributed by atoms with E-state index in [9.17, 15) is 8.78 Å². The molecule has 1 unspecified atom stereocenters. The number of aromatic amines is 1. The van der Waals surface area contributed by atoms with Gasteiger partial charge in [-0.15, -0.1) is 5.10 Å². The van der Waals surface area contributed by atoms with Crippen LogP contribution in [0.2, 0.25) is 5.15 Å². The van der Waals surface area contributed by atoms with Gasteiger partial charge in [-0.25, -0.2) is 14.6 Å². The third-order valence-electron chi connectivity index (χ3n) is 3.92. The second-order valence-electron chi connectivity index (χ2n) is 5.75. The Morgan fingerprint density at radius 3 is 2.93 bits per heavy atom. The van der Waals surface area contributed by atoms with Crippen LogP contribution in [0.1, 0.15) is 18.5 Å². The molecule has 4 rings (SSSR count). The van der Waals surface area contributed by atoms with Crippen molar-refractivity contribution in [3.63, 3.8) is 0 Å². The van der Waals surface area contributed by atoms with E-state index in [1.165, 1.54) is 12.3 Å². The van der Waals surface area contributed by atoms with Crippen LogP contribution in [-0.4, -0.2) is 41.5 Å². The van der Waals surface area contributed by atoms with Crippen LogP contribution in [0.5, 0.6) is 5.88 Å². The molecule has 0 spiro atoms. The minimum absolute atomic E-state index is 0.188. The van der Waals surface area contributed by atoms with Gasteiger partial charge in [-0.1, -0.05) is 17.7 Å². The van der Waals surface area contributed by atoms with E-state index in [0.29, 0.717) is 22.8 Å². The molecule has 4 aromatic heterocycles. The van der Waals surface area contributed by atoms with Crippen molar-refractivity contribution in [1.29, 1.82) is 0 Å². The summed E-state index contributed by atoms with van der Waals surface area (Å²) in [5, 5.41) is 13.6. The maximum Gasteiger partial charge on any atom is 0.388 e. The van der Waals surface area contributed by atoms with Crippen LogP contribution in [-0.2, 0) is 0 Å². The second kappa shape index (κ2) is 7.35. The van der Waals surface area contributed by atoms with Crippen LogP contribution < -0.4 is 10.1 Å². The summed E-state index contributed by atoms with van der Waals surface area (Å²) in [6, 6.07) is 4.84. The van der Waals surface area contributed by atoms with Crippen molar-refractivity contribution in [2.75, 3.05) is 5.32 Å². The Kier molecular flexibility index (Phi) is 4.74. The van der Waals surface area contributed by atoms with Gasteiger partial charge in [-0.3, -0.25) is 10.1 Å². The second-order valence-corrected chi connectivity index (χ2v) is 6.11. The Hall–Kier alpha value is -3.34. The topological polar surface area (TPSA) is 106 Å². The molecule has 0 radical (unpaired) electrons. The van der Waals surface area contributed by atoms with Crippen molar-refractivity contribution in [3.05, 3.63) is 47.5 Å². The molecule has 0 amide bonds. The predicted molar refractivity (Wildman–Crippen MR) is 96.9 cm³/mol. The lowest BCUT2D eigenvalue weighted by Crippen LogP contribution is -2.10. The molecule has 28 heavy (non-hydrogen) atoms. The van der Waals surface area contributed by atoms with E-state index in [0.717, 1.165) is 5.56 Å². The van der Waals surface area contributed by atoms with Gasteiger partial charge in [0.25, 0.3) is 0 Å². The van der Waals surface area contributed by atoms with Gasteiger partial charge in [-0.2, -0.15) is 13.9 Å². The maximum atomic E-state index is 12.2. The molecule has 0 fully saturated rings. The van der Waals surface area contributed by atoms with Crippen molar-refractivity contribution < 1.29 is 13.5 Å². The van der Waals surface area contributed by atoms with E-state index >= 15 is 0 Å². The molecule has 0 aliphatic heterocycles. The molecular formula is C16H13ClF2N8O. The summed E-state index contributed by atoms with van der Waals surface area (Å²) in [7, 11) is 0. The fourth-order valence-electron chi connectivity index (χ4n) is 2.63. The average Bonchev–Trinajstić information content (AvgIpc) is 3.25. The van der Waals surface area contributed by atoms with Gasteiger partial charge in [0, 0.05) is 18.5 Å². The summed E-state index contributed by atoms with van der Waals surface area (Å²) >= 11 is 6.20. The number of alkyl halides is 2. The quantitative estimate of drug-likeness (QED) is 0.504. The van der Waals surface area contributed by atoms with E-state index in [1.54, 1.807) is 17.1 Å². The van der Waals surface area contributed by atoms with Gasteiger partial charge >= 0.3 is 6.61 Å². The number of rotatable bonds is 6. The lowest BCUT2D eigenvalue weighted by Gasteiger charge is -2.13. The van der Waals surface area contributed by atoms with Crippen LogP contribution in [0.25, 0.3) is 11.2 Å². The van der Waals surface area contributed by atoms with E-state index in [-0.39, 0.29) is 17.1 Å². The van der Waals surface area contributed by atoms with Crippen molar-refractivity contribution in [3.8, 4) is 5.88 Å². The molecular weight excluding hydrogens is 394 g/mol. The van der Waals surface area contributed by atoms with Crippen molar-refractivity contribution in [2.45, 2.75) is 19.6 Å². The summed E-state index contributed by atoms with van der Waals surface area (Å²) in [5.74, 6) is 0.405. The SMILES string of the molecule is CC(c1cccnc1)n1nc(Cl)c2ncc(Nc3cc(OC(F)F)n[nH]3)nc21. The van der Waals surface area contributed by atoms with Crippen molar-refractivity contribution >= 4 is 34.4 Å². The number of H-pyrrole nitrogens is 1. The van der Waals surface area contributed by atoms with Crippen LogP contribution in [0.15, 0.2) is 36.8 Å². The van der Waals surface area contributed by atoms with E-state index in [4.69, 9.17) is 11.6 Å². The standard InChI is InChI=1S/C16H13ClF2N8O/c1-8(9-3-2-4-20-6-9)27-15-13(14(17)26-27)21-7-11(23-15)22-10-5-12(25-24-10)28-16(18)19/h2-8,16H,1H3,(H2,22,23,24,25). The molecule has 144 valence electrons. The summed E-state index contributed by atoms with van der Waals surface area (Å²) in [5.41, 5.74) is 1.82. The minimum atomic E-state index is -2.96. The summed E-state index contributed by atoms with van der Waals surface area (Å²) < 4.78 is 30.4. The zero-order valence-corrected chi connectivity index (χ0v) is 15.1. The highest BCUT2D eigenvalue weighted by Gasteiger charge is 2.18. The number of anilines is 2. The molecule has 2 N–H and O–H groups in total. The Bertz CT molecular complexity index is 1100. The summed E-state index contributed by atoms with van der Waals surface area (Å²) in [4.78, 5) is 12.9. The average molecular weight is 407 g/mol. The fraction of sp³-hybridized carbons (Fsp3) is 0.188. The number of halogens is 3. The number of nitrogens with zero attached hydrogens (tertiary/aromatic N) is 6. The Labute approximate surface area is 161 Å². The largest absolute Gasteiger partial charge is 0.415 e. The Balaban J connectivity index is 1.65. The first kappa shape index (κ1) is 18.0. The molecule has 0 aliphatic carbocycles. The van der Waals surface area contributed by atoms with Gasteiger partial charge in [-0.05, 0) is 18.6 Å². The zero-order valence-electron chi connectivity index (χ0n) is 14.3. The van der Waals surface area contributed by atoms with E-state index in [1.807, 2.05) is 19.1 Å². The van der Waals surface area contributed by atoms with Crippen LogP contribution in [0.4, 0.5) is 20.4 Å². The fourth-order valence-corrected chi connectivity index (χ4v) is 2.84. The van der Waals surface area contributed by atoms with Crippen molar-refractivity contribution in [2.24, 2.45) is 0 Å². The van der Waals surface area contributed by atoms with Gasteiger partial charge in [0.1, 0.15) is 11.3 Å². The third kappa shape index (κ3) is 3.56. The first-order chi connectivity index (χ1) is 13.5. The van der Waals surface area contributed by atoms with Crippen LogP contribution in [0, 0.1) is 0 Å². The van der Waals surface area contributed by atoms with E-state index < -0.39 is 6.61 Å². The highest BCUT2D eigenvalue weighted by Crippen LogP contribution is 2.27. The first-order valence-corrected chi connectivity index (χ1v) is 8.47. The summed E-state index contributed by atoms with van der Waals surface area (Å²) in [6.45, 7) is -1.03. The number of ether oxygens (including phenoxy) is 1. The Morgan fingerprint density at radius 1 is 1.32 bits per heavy atom. The van der Waals surface area contributed by atoms with Gasteiger partial charge in [0.05, 0.1) is 12.2 Å². The highest BCUT2D eigenvalue weighted by atomic mass is 35.5. The lowest BCUT2D eigenvalue weighted by atomic mass is 10.1. The number of fused-ring (bicyclic) bond motifs is 1. The van der Waals surface area contributed by atoms with Gasteiger partial charge in [0.2, 0.25) is 5.88 Å². The molecule has 12 heteroatoms. The molecule has 4 heterocycles. The van der Waals surface area contributed by atoms with Gasteiger partial charge in [0.15, 0.2) is 16.6 Å². The number of pyridine rings is 1. The molecule has 0 aliphatic rings. The lowest BCUT2D eigenvalue weighted by molar-refractivity contribution is -0.0528. The zero-order chi connectivity index (χ0) is 19.7. The third-order valence-corrected chi connectivity index (χ3v) is 4.18. The van der Waals surface area contributed by atoms with Crippen LogP contribution >= 0.6 is 11.6 Å². The predicted octanol–water partition coefficient (Wildman–Crippen LogP) is 3.55. The normalized spacial score (nSPS) is 12.5. The molecule has 0 saturated carbocycles. The van der Waals surface area contributed by atoms with E-state index in [2.05, 4.69) is 40.3 Å². The monoisotopic (exact) mass is 406 g/mol. The number of hydrogen-bond donors (Lipinski definition) is 2. The molecule has 0 aromatic carbocycles. The molecule has 0 saturated heterocycles. The van der Waals surface area contributed by atoms with Crippen molar-refractivity contribution in [1.82, 2.24) is 34.9 Å². The number of aromatic nitrogens is 7. The van der Waals surface area contributed by atoms with Gasteiger partial charge < -0.3 is 10.1 Å². The molecule has 0 bridgehead atoms. The number of nitrogens with one attached hydrogen (secondary N) is 2. The summed E-state index contributed by atoms with van der Waals surface area (Å²) in [6.07, 6.45) is 4.86. The minimum Gasteiger partial charge on any atom is -0.415 e. The number of hydrogen-bond acceptors (Lipinski definition) is 7. The Morgan fingerprint density at radius 2 is 2.18 bits per heavy atom. The van der Waals surface area contributed by atoms with Crippen LogP contribution in [0.3, 0.4) is 0 Å². The molecule has 4 aromatic rings. The first-order valence-electron chi connectivity index (χ1n) is 8.09. The smallest absolute Gasteiger partial charge is 0.388 e. The maximum absolute atomic E-state index is 12.2. The molecule has 9 nitrogen and oxygen atoms in total.